The number of amides is 1. The summed E-state index contributed by atoms with van der Waals surface area (Å²) < 4.78 is 5.23. The van der Waals surface area contributed by atoms with E-state index in [1.165, 1.54) is 0 Å². The SMILES string of the molecule is COC1CCN(C(=O)c2cccc(Cl)c2N)C1. The fraction of sp³-hybridized carbons (Fsp3) is 0.417. The third kappa shape index (κ3) is 2.37. The van der Waals surface area contributed by atoms with Crippen LogP contribution in [0.4, 0.5) is 5.69 Å². The predicted molar refractivity (Wildman–Crippen MR) is 67.2 cm³/mol. The molecule has 1 saturated heterocycles. The molecule has 0 spiro atoms. The first kappa shape index (κ1) is 12.2. The molecular formula is C12H15ClN2O2. The second kappa shape index (κ2) is 4.94. The molecule has 2 rings (SSSR count). The zero-order valence-corrected chi connectivity index (χ0v) is 10.4. The minimum Gasteiger partial charge on any atom is -0.397 e. The molecule has 1 aliphatic heterocycles. The van der Waals surface area contributed by atoms with Crippen molar-refractivity contribution in [1.29, 1.82) is 0 Å². The van der Waals surface area contributed by atoms with Gasteiger partial charge >= 0.3 is 0 Å². The number of carbonyl (C=O) groups excluding carboxylic acids is 1. The number of nitrogens with two attached hydrogens (primary N) is 1. The molecule has 1 aliphatic rings. The molecule has 0 bridgehead atoms. The first-order valence-electron chi connectivity index (χ1n) is 5.49. The van der Waals surface area contributed by atoms with Crippen LogP contribution in [0.5, 0.6) is 0 Å². The number of nitrogen functional groups attached to an aromatic ring is 1. The van der Waals surface area contributed by atoms with Crippen molar-refractivity contribution in [2.24, 2.45) is 0 Å². The number of ether oxygens (including phenoxy) is 1. The lowest BCUT2D eigenvalue weighted by molar-refractivity contribution is 0.0725. The smallest absolute Gasteiger partial charge is 0.256 e. The fourth-order valence-electron chi connectivity index (χ4n) is 2.00. The molecule has 0 aliphatic carbocycles. The summed E-state index contributed by atoms with van der Waals surface area (Å²) in [6.45, 7) is 1.31. The van der Waals surface area contributed by atoms with Crippen LogP contribution in [0.2, 0.25) is 5.02 Å². The Morgan fingerprint density at radius 1 is 1.59 bits per heavy atom. The minimum atomic E-state index is -0.0791. The number of rotatable bonds is 2. The molecule has 0 aromatic heterocycles. The number of carbonyl (C=O) groups is 1. The van der Waals surface area contributed by atoms with Gasteiger partial charge < -0.3 is 15.4 Å². The molecule has 1 aromatic carbocycles. The molecular weight excluding hydrogens is 240 g/mol. The maximum Gasteiger partial charge on any atom is 0.256 e. The van der Waals surface area contributed by atoms with Crippen LogP contribution in [0, 0.1) is 0 Å². The molecule has 5 heteroatoms. The van der Waals surface area contributed by atoms with E-state index in [1.54, 1.807) is 30.2 Å². The van der Waals surface area contributed by atoms with Gasteiger partial charge in [0.2, 0.25) is 0 Å². The Labute approximate surface area is 105 Å². The average molecular weight is 255 g/mol. The first-order chi connectivity index (χ1) is 8.13. The number of halogens is 1. The molecule has 1 unspecified atom stereocenters. The Balaban J connectivity index is 2.18. The predicted octanol–water partition coefficient (Wildman–Crippen LogP) is 1.78. The van der Waals surface area contributed by atoms with Crippen molar-refractivity contribution < 1.29 is 9.53 Å². The maximum absolute atomic E-state index is 12.2. The molecule has 1 atom stereocenters. The Kier molecular flexibility index (Phi) is 3.54. The summed E-state index contributed by atoms with van der Waals surface area (Å²) in [7, 11) is 1.66. The molecule has 2 N–H and O–H groups in total. The van der Waals surface area contributed by atoms with Gasteiger partial charge in [-0.3, -0.25) is 4.79 Å². The quantitative estimate of drug-likeness (QED) is 0.819. The summed E-state index contributed by atoms with van der Waals surface area (Å²) in [6, 6.07) is 5.11. The van der Waals surface area contributed by atoms with Gasteiger partial charge in [-0.25, -0.2) is 0 Å². The van der Waals surface area contributed by atoms with E-state index >= 15 is 0 Å². The van der Waals surface area contributed by atoms with Crippen LogP contribution in [-0.4, -0.2) is 37.1 Å². The first-order valence-corrected chi connectivity index (χ1v) is 5.87. The van der Waals surface area contributed by atoms with E-state index < -0.39 is 0 Å². The van der Waals surface area contributed by atoms with E-state index in [1.807, 2.05) is 0 Å². The largest absolute Gasteiger partial charge is 0.397 e. The van der Waals surface area contributed by atoms with Gasteiger partial charge in [0.1, 0.15) is 0 Å². The Bertz CT molecular complexity index is 437. The fourth-order valence-corrected chi connectivity index (χ4v) is 2.17. The van der Waals surface area contributed by atoms with Crippen molar-refractivity contribution in [3.63, 3.8) is 0 Å². The Morgan fingerprint density at radius 3 is 3.00 bits per heavy atom. The standard InChI is InChI=1S/C12H15ClN2O2/c1-17-8-5-6-15(7-8)12(16)9-3-2-4-10(13)11(9)14/h2-4,8H,5-7,14H2,1H3. The number of methoxy groups -OCH3 is 1. The molecule has 1 amide bonds. The highest BCUT2D eigenvalue weighted by Gasteiger charge is 2.27. The lowest BCUT2D eigenvalue weighted by atomic mass is 10.1. The highest BCUT2D eigenvalue weighted by molar-refractivity contribution is 6.33. The molecule has 4 nitrogen and oxygen atoms in total. The Morgan fingerprint density at radius 2 is 2.35 bits per heavy atom. The van der Waals surface area contributed by atoms with Crippen LogP contribution in [-0.2, 0) is 4.74 Å². The van der Waals surface area contributed by atoms with Crippen molar-refractivity contribution >= 4 is 23.2 Å². The van der Waals surface area contributed by atoms with Crippen molar-refractivity contribution in [3.8, 4) is 0 Å². The highest BCUT2D eigenvalue weighted by atomic mass is 35.5. The zero-order chi connectivity index (χ0) is 12.4. The third-order valence-electron chi connectivity index (χ3n) is 3.05. The van der Waals surface area contributed by atoms with E-state index in [0.717, 1.165) is 6.42 Å². The highest BCUT2D eigenvalue weighted by Crippen LogP contribution is 2.25. The number of likely N-dealkylation sites (tertiary alicyclic amines) is 1. The van der Waals surface area contributed by atoms with Crippen LogP contribution in [0.3, 0.4) is 0 Å². The molecule has 1 fully saturated rings. The van der Waals surface area contributed by atoms with Gasteiger partial charge in [0.15, 0.2) is 0 Å². The van der Waals surface area contributed by atoms with Crippen molar-refractivity contribution in [3.05, 3.63) is 28.8 Å². The van der Waals surface area contributed by atoms with Crippen molar-refractivity contribution in [2.75, 3.05) is 25.9 Å². The molecule has 0 radical (unpaired) electrons. The average Bonchev–Trinajstić information content (AvgIpc) is 2.80. The van der Waals surface area contributed by atoms with E-state index in [-0.39, 0.29) is 12.0 Å². The van der Waals surface area contributed by atoms with Gasteiger partial charge in [0.25, 0.3) is 5.91 Å². The molecule has 92 valence electrons. The van der Waals surface area contributed by atoms with Crippen LogP contribution >= 0.6 is 11.6 Å². The third-order valence-corrected chi connectivity index (χ3v) is 3.38. The van der Waals surface area contributed by atoms with E-state index in [0.29, 0.717) is 29.4 Å². The van der Waals surface area contributed by atoms with Gasteiger partial charge in [-0.2, -0.15) is 0 Å². The summed E-state index contributed by atoms with van der Waals surface area (Å²) >= 11 is 5.90. The van der Waals surface area contributed by atoms with Gasteiger partial charge in [0, 0.05) is 20.2 Å². The van der Waals surface area contributed by atoms with E-state index in [2.05, 4.69) is 0 Å². The van der Waals surface area contributed by atoms with Crippen LogP contribution in [0.1, 0.15) is 16.8 Å². The number of nitrogens with zero attached hydrogens (tertiary/aromatic N) is 1. The molecule has 17 heavy (non-hydrogen) atoms. The summed E-state index contributed by atoms with van der Waals surface area (Å²) in [5.41, 5.74) is 6.62. The lowest BCUT2D eigenvalue weighted by Gasteiger charge is -2.17. The van der Waals surface area contributed by atoms with Gasteiger partial charge in [-0.15, -0.1) is 0 Å². The van der Waals surface area contributed by atoms with Gasteiger partial charge in [0.05, 0.1) is 22.4 Å². The number of hydrogen-bond acceptors (Lipinski definition) is 3. The lowest BCUT2D eigenvalue weighted by Crippen LogP contribution is -2.30. The Hall–Kier alpha value is -1.26. The monoisotopic (exact) mass is 254 g/mol. The number of anilines is 1. The maximum atomic E-state index is 12.2. The van der Waals surface area contributed by atoms with Crippen LogP contribution < -0.4 is 5.73 Å². The van der Waals surface area contributed by atoms with Crippen LogP contribution in [0.15, 0.2) is 18.2 Å². The van der Waals surface area contributed by atoms with E-state index in [4.69, 9.17) is 22.1 Å². The summed E-state index contributed by atoms with van der Waals surface area (Å²) in [5.74, 6) is -0.0791. The molecule has 1 aromatic rings. The topological polar surface area (TPSA) is 55.6 Å². The zero-order valence-electron chi connectivity index (χ0n) is 9.65. The summed E-state index contributed by atoms with van der Waals surface area (Å²) in [6.07, 6.45) is 0.988. The second-order valence-electron chi connectivity index (χ2n) is 4.10. The number of benzene rings is 1. The normalized spacial score (nSPS) is 19.6. The van der Waals surface area contributed by atoms with Crippen LogP contribution in [0.25, 0.3) is 0 Å². The molecule has 0 saturated carbocycles. The van der Waals surface area contributed by atoms with Gasteiger partial charge in [-0.1, -0.05) is 17.7 Å². The number of para-hydroxylation sites is 1. The van der Waals surface area contributed by atoms with E-state index in [9.17, 15) is 4.79 Å². The summed E-state index contributed by atoms with van der Waals surface area (Å²) in [5, 5.41) is 0.415. The number of hydrogen-bond donors (Lipinski definition) is 1. The summed E-state index contributed by atoms with van der Waals surface area (Å²) in [4.78, 5) is 14.0. The van der Waals surface area contributed by atoms with Crippen molar-refractivity contribution in [2.45, 2.75) is 12.5 Å². The minimum absolute atomic E-state index is 0.0791. The van der Waals surface area contributed by atoms with Gasteiger partial charge in [-0.05, 0) is 18.6 Å². The molecule has 1 heterocycles. The second-order valence-corrected chi connectivity index (χ2v) is 4.51. The van der Waals surface area contributed by atoms with Crippen molar-refractivity contribution in [1.82, 2.24) is 4.90 Å².